The van der Waals surface area contributed by atoms with E-state index in [0.717, 1.165) is 25.9 Å². The van der Waals surface area contributed by atoms with Gasteiger partial charge in [0, 0.05) is 0 Å². The molecule has 1 aromatic carbocycles. The SMILES string of the molecule is CN1CCC(COC(=O)C(N)(CO)c2ccccc2)CC1. The Morgan fingerprint density at radius 1 is 1.38 bits per heavy atom. The first kappa shape index (κ1) is 15.9. The van der Waals surface area contributed by atoms with Crippen molar-refractivity contribution in [2.45, 2.75) is 18.4 Å². The number of nitrogens with two attached hydrogens (primary N) is 1. The fourth-order valence-corrected chi connectivity index (χ4v) is 2.56. The zero-order chi connectivity index (χ0) is 15.3. The van der Waals surface area contributed by atoms with Crippen LogP contribution in [0.25, 0.3) is 0 Å². The smallest absolute Gasteiger partial charge is 0.333 e. The molecule has 1 saturated heterocycles. The second-order valence-corrected chi connectivity index (χ2v) is 5.84. The number of hydrogen-bond donors (Lipinski definition) is 2. The van der Waals surface area contributed by atoms with Gasteiger partial charge in [0.2, 0.25) is 0 Å². The molecule has 0 saturated carbocycles. The van der Waals surface area contributed by atoms with Crippen LogP contribution in [-0.2, 0) is 15.1 Å². The number of carbonyl (C=O) groups is 1. The molecule has 0 aliphatic carbocycles. The van der Waals surface area contributed by atoms with Gasteiger partial charge >= 0.3 is 5.97 Å². The van der Waals surface area contributed by atoms with Crippen molar-refractivity contribution in [1.82, 2.24) is 4.90 Å². The van der Waals surface area contributed by atoms with Crippen molar-refractivity contribution in [2.75, 3.05) is 33.4 Å². The lowest BCUT2D eigenvalue weighted by Gasteiger charge is -2.30. The van der Waals surface area contributed by atoms with Gasteiger partial charge in [-0.05, 0) is 44.5 Å². The molecule has 1 atom stereocenters. The van der Waals surface area contributed by atoms with Crippen molar-refractivity contribution in [3.05, 3.63) is 35.9 Å². The molecule has 5 nitrogen and oxygen atoms in total. The number of esters is 1. The molecule has 0 aromatic heterocycles. The minimum absolute atomic E-state index is 0.373. The zero-order valence-electron chi connectivity index (χ0n) is 12.5. The maximum absolute atomic E-state index is 12.3. The van der Waals surface area contributed by atoms with Gasteiger partial charge in [0.25, 0.3) is 0 Å². The van der Waals surface area contributed by atoms with E-state index in [9.17, 15) is 9.90 Å². The van der Waals surface area contributed by atoms with E-state index in [2.05, 4.69) is 11.9 Å². The fraction of sp³-hybridized carbons (Fsp3) is 0.562. The van der Waals surface area contributed by atoms with E-state index in [1.807, 2.05) is 6.07 Å². The standard InChI is InChI=1S/C16H24N2O3/c1-18-9-7-13(8-10-18)11-21-15(20)16(17,12-19)14-5-3-2-4-6-14/h2-6,13,19H,7-12,17H2,1H3. The third-order valence-corrected chi connectivity index (χ3v) is 4.19. The van der Waals surface area contributed by atoms with E-state index >= 15 is 0 Å². The Hall–Kier alpha value is -1.43. The van der Waals surface area contributed by atoms with Crippen LogP contribution in [0.1, 0.15) is 18.4 Å². The molecule has 5 heteroatoms. The third kappa shape index (κ3) is 3.81. The number of nitrogens with zero attached hydrogens (tertiary/aromatic N) is 1. The Kier molecular flexibility index (Phi) is 5.33. The highest BCUT2D eigenvalue weighted by molar-refractivity contribution is 5.82. The first-order chi connectivity index (χ1) is 10.1. The van der Waals surface area contributed by atoms with Gasteiger partial charge < -0.3 is 20.5 Å². The number of aliphatic hydroxyl groups excluding tert-OH is 1. The normalized spacial score (nSPS) is 20.0. The Balaban J connectivity index is 1.94. The van der Waals surface area contributed by atoms with E-state index in [-0.39, 0.29) is 0 Å². The first-order valence-electron chi connectivity index (χ1n) is 7.37. The van der Waals surface area contributed by atoms with Crippen LogP contribution in [0.3, 0.4) is 0 Å². The summed E-state index contributed by atoms with van der Waals surface area (Å²) in [6.07, 6.45) is 2.04. The number of benzene rings is 1. The first-order valence-corrected chi connectivity index (χ1v) is 7.37. The van der Waals surface area contributed by atoms with Gasteiger partial charge in [-0.25, -0.2) is 4.79 Å². The van der Waals surface area contributed by atoms with Crippen LogP contribution in [-0.4, -0.2) is 49.3 Å². The molecule has 1 fully saturated rings. The summed E-state index contributed by atoms with van der Waals surface area (Å²) in [5.74, 6) is -0.181. The predicted octanol–water partition coefficient (Wildman–Crippen LogP) is 0.718. The van der Waals surface area contributed by atoms with E-state index in [4.69, 9.17) is 10.5 Å². The minimum atomic E-state index is -1.48. The largest absolute Gasteiger partial charge is 0.464 e. The van der Waals surface area contributed by atoms with Gasteiger partial charge in [-0.1, -0.05) is 30.3 Å². The van der Waals surface area contributed by atoms with Crippen LogP contribution in [0.15, 0.2) is 30.3 Å². The van der Waals surface area contributed by atoms with E-state index < -0.39 is 18.1 Å². The van der Waals surface area contributed by atoms with Crippen molar-refractivity contribution in [1.29, 1.82) is 0 Å². The third-order valence-electron chi connectivity index (χ3n) is 4.19. The molecule has 1 aliphatic rings. The Labute approximate surface area is 125 Å². The lowest BCUT2D eigenvalue weighted by Crippen LogP contribution is -2.49. The lowest BCUT2D eigenvalue weighted by molar-refractivity contribution is -0.154. The monoisotopic (exact) mass is 292 g/mol. The van der Waals surface area contributed by atoms with Crippen LogP contribution >= 0.6 is 0 Å². The topological polar surface area (TPSA) is 75.8 Å². The number of ether oxygens (including phenoxy) is 1. The minimum Gasteiger partial charge on any atom is -0.464 e. The zero-order valence-corrected chi connectivity index (χ0v) is 12.5. The molecule has 1 heterocycles. The summed E-state index contributed by atoms with van der Waals surface area (Å²) in [6, 6.07) is 8.87. The van der Waals surface area contributed by atoms with Gasteiger partial charge in [0.1, 0.15) is 0 Å². The molecule has 0 amide bonds. The number of carbonyl (C=O) groups excluding carboxylic acids is 1. The summed E-state index contributed by atoms with van der Waals surface area (Å²) < 4.78 is 5.38. The van der Waals surface area contributed by atoms with Crippen LogP contribution in [0.2, 0.25) is 0 Å². The number of likely N-dealkylation sites (tertiary alicyclic amines) is 1. The Morgan fingerprint density at radius 3 is 2.57 bits per heavy atom. The van der Waals surface area contributed by atoms with Gasteiger partial charge in [-0.15, -0.1) is 0 Å². The highest BCUT2D eigenvalue weighted by Crippen LogP contribution is 2.21. The molecule has 3 N–H and O–H groups in total. The van der Waals surface area contributed by atoms with Gasteiger partial charge in [-0.3, -0.25) is 0 Å². The van der Waals surface area contributed by atoms with Crippen LogP contribution in [0.4, 0.5) is 0 Å². The maximum Gasteiger partial charge on any atom is 0.333 e. The summed E-state index contributed by atoms with van der Waals surface area (Å²) in [5.41, 5.74) is 5.16. The molecule has 2 rings (SSSR count). The van der Waals surface area contributed by atoms with Crippen molar-refractivity contribution in [3.8, 4) is 0 Å². The highest BCUT2D eigenvalue weighted by atomic mass is 16.5. The summed E-state index contributed by atoms with van der Waals surface area (Å²) in [4.78, 5) is 14.6. The fourth-order valence-electron chi connectivity index (χ4n) is 2.56. The Bertz CT molecular complexity index is 458. The average molecular weight is 292 g/mol. The number of piperidine rings is 1. The molecule has 0 bridgehead atoms. The molecular formula is C16H24N2O3. The summed E-state index contributed by atoms with van der Waals surface area (Å²) in [5, 5.41) is 9.55. The average Bonchev–Trinajstić information content (AvgIpc) is 2.54. The summed E-state index contributed by atoms with van der Waals surface area (Å²) >= 11 is 0. The second-order valence-electron chi connectivity index (χ2n) is 5.84. The van der Waals surface area contributed by atoms with Crippen LogP contribution in [0.5, 0.6) is 0 Å². The quantitative estimate of drug-likeness (QED) is 0.782. The second kappa shape index (κ2) is 7.02. The van der Waals surface area contributed by atoms with Crippen molar-refractivity contribution in [3.63, 3.8) is 0 Å². The molecule has 0 spiro atoms. The molecule has 21 heavy (non-hydrogen) atoms. The number of rotatable bonds is 5. The molecule has 1 unspecified atom stereocenters. The lowest BCUT2D eigenvalue weighted by atomic mass is 9.92. The van der Waals surface area contributed by atoms with Crippen molar-refractivity contribution >= 4 is 5.97 Å². The van der Waals surface area contributed by atoms with E-state index in [1.165, 1.54) is 0 Å². The Morgan fingerprint density at radius 2 is 2.00 bits per heavy atom. The van der Waals surface area contributed by atoms with Gasteiger partial charge in [-0.2, -0.15) is 0 Å². The summed E-state index contributed by atoms with van der Waals surface area (Å²) in [7, 11) is 2.09. The predicted molar refractivity (Wildman–Crippen MR) is 80.6 cm³/mol. The molecule has 116 valence electrons. The van der Waals surface area contributed by atoms with Crippen molar-refractivity contribution in [2.24, 2.45) is 11.7 Å². The van der Waals surface area contributed by atoms with Gasteiger partial charge in [0.15, 0.2) is 5.54 Å². The molecule has 1 aliphatic heterocycles. The molecule has 0 radical (unpaired) electrons. The van der Waals surface area contributed by atoms with Crippen molar-refractivity contribution < 1.29 is 14.6 Å². The van der Waals surface area contributed by atoms with E-state index in [0.29, 0.717) is 18.1 Å². The maximum atomic E-state index is 12.3. The highest BCUT2D eigenvalue weighted by Gasteiger charge is 2.37. The number of aliphatic hydroxyl groups is 1. The number of hydrogen-bond acceptors (Lipinski definition) is 5. The van der Waals surface area contributed by atoms with E-state index in [1.54, 1.807) is 24.3 Å². The van der Waals surface area contributed by atoms with Crippen LogP contribution < -0.4 is 5.73 Å². The summed E-state index contributed by atoms with van der Waals surface area (Å²) in [6.45, 7) is 1.95. The molecular weight excluding hydrogens is 268 g/mol. The molecule has 1 aromatic rings. The van der Waals surface area contributed by atoms with Crippen LogP contribution in [0, 0.1) is 5.92 Å². The van der Waals surface area contributed by atoms with Gasteiger partial charge in [0.05, 0.1) is 13.2 Å².